The van der Waals surface area contributed by atoms with Gasteiger partial charge in [0.1, 0.15) is 0 Å². The van der Waals surface area contributed by atoms with Crippen molar-refractivity contribution in [3.8, 4) is 0 Å². The monoisotopic (exact) mass is 282 g/mol. The first-order valence-corrected chi connectivity index (χ1v) is 7.62. The molecule has 1 aromatic carbocycles. The Hall–Kier alpha value is -1.00. The summed E-state index contributed by atoms with van der Waals surface area (Å²) in [7, 11) is 0. The smallest absolute Gasteiger partial charge is 0.163 e. The van der Waals surface area contributed by atoms with Gasteiger partial charge in [0.25, 0.3) is 0 Å². The molecule has 0 bridgehead atoms. The number of hydrogen-bond acceptors (Lipinski definition) is 2. The minimum absolute atomic E-state index is 0.113. The van der Waals surface area contributed by atoms with Crippen molar-refractivity contribution in [2.24, 2.45) is 0 Å². The fourth-order valence-electron chi connectivity index (χ4n) is 2.90. The standard InChI is InChI=1S/C16H24F2N2/c1-2-19-15(9-12-20-10-4-3-5-11-20)13-7-6-8-14(17)16(13)18/h6-8,15,19H,2-5,9-12H2,1H3. The lowest BCUT2D eigenvalue weighted by Crippen LogP contribution is -2.33. The molecule has 0 aromatic heterocycles. The SMILES string of the molecule is CCNC(CCN1CCCCC1)c1cccc(F)c1F. The van der Waals surface area contributed by atoms with E-state index >= 15 is 0 Å². The predicted molar refractivity (Wildman–Crippen MR) is 77.7 cm³/mol. The van der Waals surface area contributed by atoms with Gasteiger partial charge in [-0.25, -0.2) is 8.78 Å². The molecule has 0 spiro atoms. The number of benzene rings is 1. The Balaban J connectivity index is 2.00. The van der Waals surface area contributed by atoms with Crippen molar-refractivity contribution < 1.29 is 8.78 Å². The van der Waals surface area contributed by atoms with Crippen molar-refractivity contribution in [1.82, 2.24) is 10.2 Å². The molecule has 1 saturated heterocycles. The third-order valence-electron chi connectivity index (χ3n) is 3.99. The van der Waals surface area contributed by atoms with Gasteiger partial charge in [-0.05, 0) is 51.5 Å². The zero-order valence-electron chi connectivity index (χ0n) is 12.2. The number of halogens is 2. The second-order valence-electron chi connectivity index (χ2n) is 5.44. The Morgan fingerprint density at radius 2 is 1.95 bits per heavy atom. The summed E-state index contributed by atoms with van der Waals surface area (Å²) in [6.45, 7) is 5.94. The van der Waals surface area contributed by atoms with E-state index in [-0.39, 0.29) is 6.04 Å². The molecule has 1 aliphatic heterocycles. The van der Waals surface area contributed by atoms with Gasteiger partial charge >= 0.3 is 0 Å². The quantitative estimate of drug-likeness (QED) is 0.859. The molecular formula is C16H24F2N2. The average Bonchev–Trinajstić information content (AvgIpc) is 2.48. The second kappa shape index (κ2) is 7.70. The van der Waals surface area contributed by atoms with Gasteiger partial charge in [-0.3, -0.25) is 0 Å². The number of hydrogen-bond donors (Lipinski definition) is 1. The van der Waals surface area contributed by atoms with Crippen LogP contribution in [-0.4, -0.2) is 31.1 Å². The second-order valence-corrected chi connectivity index (χ2v) is 5.44. The van der Waals surface area contributed by atoms with Gasteiger partial charge in [0.15, 0.2) is 11.6 Å². The number of piperidine rings is 1. The molecule has 1 atom stereocenters. The van der Waals surface area contributed by atoms with Crippen LogP contribution in [0.25, 0.3) is 0 Å². The molecule has 1 fully saturated rings. The van der Waals surface area contributed by atoms with E-state index in [2.05, 4.69) is 10.2 Å². The molecule has 1 aliphatic rings. The highest BCUT2D eigenvalue weighted by Crippen LogP contribution is 2.23. The van der Waals surface area contributed by atoms with Crippen LogP contribution < -0.4 is 5.32 Å². The van der Waals surface area contributed by atoms with E-state index < -0.39 is 11.6 Å². The maximum absolute atomic E-state index is 13.9. The van der Waals surface area contributed by atoms with Crippen LogP contribution >= 0.6 is 0 Å². The van der Waals surface area contributed by atoms with Crippen LogP contribution in [0.15, 0.2) is 18.2 Å². The van der Waals surface area contributed by atoms with E-state index in [0.29, 0.717) is 5.56 Å². The van der Waals surface area contributed by atoms with Crippen molar-refractivity contribution in [3.63, 3.8) is 0 Å². The van der Waals surface area contributed by atoms with E-state index in [1.54, 1.807) is 12.1 Å². The van der Waals surface area contributed by atoms with Crippen LogP contribution in [0.2, 0.25) is 0 Å². The Bertz CT molecular complexity index is 417. The Kier molecular flexibility index (Phi) is 5.92. The molecule has 2 rings (SSSR count). The normalized spacial score (nSPS) is 18.1. The minimum atomic E-state index is -0.761. The van der Waals surface area contributed by atoms with Crippen LogP contribution in [0.5, 0.6) is 0 Å². The highest BCUT2D eigenvalue weighted by Gasteiger charge is 2.19. The van der Waals surface area contributed by atoms with Crippen molar-refractivity contribution in [2.75, 3.05) is 26.2 Å². The van der Waals surface area contributed by atoms with Gasteiger partial charge in [0, 0.05) is 11.6 Å². The Morgan fingerprint density at radius 3 is 2.65 bits per heavy atom. The van der Waals surface area contributed by atoms with Crippen LogP contribution in [0.3, 0.4) is 0 Å². The molecule has 2 nitrogen and oxygen atoms in total. The van der Waals surface area contributed by atoms with Gasteiger partial charge in [0.2, 0.25) is 0 Å². The average molecular weight is 282 g/mol. The minimum Gasteiger partial charge on any atom is -0.310 e. The van der Waals surface area contributed by atoms with Crippen molar-refractivity contribution in [3.05, 3.63) is 35.4 Å². The van der Waals surface area contributed by atoms with Gasteiger partial charge < -0.3 is 10.2 Å². The summed E-state index contributed by atoms with van der Waals surface area (Å²) >= 11 is 0. The van der Waals surface area contributed by atoms with E-state index in [4.69, 9.17) is 0 Å². The van der Waals surface area contributed by atoms with E-state index in [1.165, 1.54) is 25.3 Å². The summed E-state index contributed by atoms with van der Waals surface area (Å²) in [5.74, 6) is -1.47. The van der Waals surface area contributed by atoms with Crippen LogP contribution in [0, 0.1) is 11.6 Å². The fourth-order valence-corrected chi connectivity index (χ4v) is 2.90. The zero-order chi connectivity index (χ0) is 14.4. The van der Waals surface area contributed by atoms with Gasteiger partial charge in [-0.1, -0.05) is 25.5 Å². The molecule has 0 aliphatic carbocycles. The number of rotatable bonds is 6. The molecule has 1 aromatic rings. The van der Waals surface area contributed by atoms with E-state index in [0.717, 1.165) is 32.6 Å². The lowest BCUT2D eigenvalue weighted by molar-refractivity contribution is 0.216. The molecule has 112 valence electrons. The van der Waals surface area contributed by atoms with Crippen LogP contribution in [-0.2, 0) is 0 Å². The maximum atomic E-state index is 13.9. The lowest BCUT2D eigenvalue weighted by Gasteiger charge is -2.28. The molecule has 4 heteroatoms. The topological polar surface area (TPSA) is 15.3 Å². The third kappa shape index (κ3) is 4.00. The first-order valence-electron chi connectivity index (χ1n) is 7.62. The molecule has 1 unspecified atom stereocenters. The summed E-state index contributed by atoms with van der Waals surface area (Å²) < 4.78 is 27.3. The van der Waals surface area contributed by atoms with E-state index in [9.17, 15) is 8.78 Å². The highest BCUT2D eigenvalue weighted by molar-refractivity contribution is 5.22. The van der Waals surface area contributed by atoms with Crippen molar-refractivity contribution in [1.29, 1.82) is 0 Å². The summed E-state index contributed by atoms with van der Waals surface area (Å²) in [5.41, 5.74) is 0.448. The maximum Gasteiger partial charge on any atom is 0.163 e. The van der Waals surface area contributed by atoms with Crippen molar-refractivity contribution >= 4 is 0 Å². The summed E-state index contributed by atoms with van der Waals surface area (Å²) in [6, 6.07) is 4.32. The van der Waals surface area contributed by atoms with Gasteiger partial charge in [-0.2, -0.15) is 0 Å². The highest BCUT2D eigenvalue weighted by atomic mass is 19.2. The number of likely N-dealkylation sites (tertiary alicyclic amines) is 1. The van der Waals surface area contributed by atoms with Crippen molar-refractivity contribution in [2.45, 2.75) is 38.6 Å². The third-order valence-corrected chi connectivity index (χ3v) is 3.99. The summed E-state index contributed by atoms with van der Waals surface area (Å²) in [6.07, 6.45) is 4.63. The first kappa shape index (κ1) is 15.4. The summed E-state index contributed by atoms with van der Waals surface area (Å²) in [5, 5.41) is 3.27. The molecule has 1 N–H and O–H groups in total. The number of nitrogens with one attached hydrogen (secondary N) is 1. The molecule has 20 heavy (non-hydrogen) atoms. The largest absolute Gasteiger partial charge is 0.310 e. The van der Waals surface area contributed by atoms with E-state index in [1.807, 2.05) is 6.92 Å². The molecular weight excluding hydrogens is 258 g/mol. The zero-order valence-corrected chi connectivity index (χ0v) is 12.2. The Morgan fingerprint density at radius 1 is 1.20 bits per heavy atom. The molecule has 1 heterocycles. The van der Waals surface area contributed by atoms with Crippen LogP contribution in [0.1, 0.15) is 44.2 Å². The molecule has 0 radical (unpaired) electrons. The number of nitrogens with zero attached hydrogens (tertiary/aromatic N) is 1. The lowest BCUT2D eigenvalue weighted by atomic mass is 10.0. The fraction of sp³-hybridized carbons (Fsp3) is 0.625. The predicted octanol–water partition coefficient (Wildman–Crippen LogP) is 3.49. The van der Waals surface area contributed by atoms with Gasteiger partial charge in [0.05, 0.1) is 0 Å². The Labute approximate surface area is 120 Å². The first-order chi connectivity index (χ1) is 9.72. The molecule has 0 amide bonds. The van der Waals surface area contributed by atoms with Crippen LogP contribution in [0.4, 0.5) is 8.78 Å². The summed E-state index contributed by atoms with van der Waals surface area (Å²) in [4.78, 5) is 2.42. The molecule has 0 saturated carbocycles. The van der Waals surface area contributed by atoms with Gasteiger partial charge in [-0.15, -0.1) is 0 Å².